The highest BCUT2D eigenvalue weighted by molar-refractivity contribution is 7.19. The Morgan fingerprint density at radius 1 is 0.463 bits per heavy atom. The zero-order valence-electron chi connectivity index (χ0n) is 28.7. The van der Waals surface area contributed by atoms with Crippen LogP contribution in [0.4, 0.5) is 16.4 Å². The molecule has 0 aliphatic carbocycles. The Hall–Kier alpha value is -7.23. The Morgan fingerprint density at radius 2 is 0.963 bits per heavy atom. The van der Waals surface area contributed by atoms with Gasteiger partial charge in [0.2, 0.25) is 0 Å². The van der Waals surface area contributed by atoms with Gasteiger partial charge < -0.3 is 14.4 Å². The van der Waals surface area contributed by atoms with Crippen molar-refractivity contribution in [3.05, 3.63) is 170 Å². The molecule has 54 heavy (non-hydrogen) atoms. The molecule has 0 bridgehead atoms. The zero-order valence-corrected chi connectivity index (χ0v) is 29.5. The van der Waals surface area contributed by atoms with Gasteiger partial charge in [0.25, 0.3) is 12.9 Å². The second kappa shape index (κ2) is 15.6. The van der Waals surface area contributed by atoms with E-state index in [9.17, 15) is 9.59 Å². The van der Waals surface area contributed by atoms with Crippen molar-refractivity contribution in [1.29, 1.82) is 0 Å². The molecule has 0 aliphatic heterocycles. The third kappa shape index (κ3) is 7.38. The van der Waals surface area contributed by atoms with Crippen molar-refractivity contribution in [2.24, 2.45) is 0 Å². The number of carbonyl (C=O) groups is 2. The lowest BCUT2D eigenvalue weighted by molar-refractivity contribution is -0.121. The minimum Gasteiger partial charge on any atom is -0.429 e. The van der Waals surface area contributed by atoms with Crippen LogP contribution in [0.25, 0.3) is 55.5 Å². The van der Waals surface area contributed by atoms with Gasteiger partial charge in [-0.25, -0.2) is 4.98 Å². The van der Waals surface area contributed by atoms with E-state index >= 15 is 0 Å². The topological polar surface area (TPSA) is 94.5 Å². The maximum Gasteiger partial charge on any atom is 0.298 e. The van der Waals surface area contributed by atoms with Crippen LogP contribution < -0.4 is 14.4 Å². The first-order chi connectivity index (χ1) is 26.6. The Labute approximate surface area is 315 Å². The van der Waals surface area contributed by atoms with Crippen molar-refractivity contribution in [3.8, 4) is 67.0 Å². The summed E-state index contributed by atoms with van der Waals surface area (Å²) in [7, 11) is 0. The van der Waals surface area contributed by atoms with Crippen molar-refractivity contribution >= 4 is 40.7 Å². The van der Waals surface area contributed by atoms with E-state index in [1.165, 1.54) is 6.20 Å². The van der Waals surface area contributed by atoms with Crippen molar-refractivity contribution in [1.82, 2.24) is 15.0 Å². The van der Waals surface area contributed by atoms with E-state index in [0.717, 1.165) is 49.1 Å². The molecule has 9 heteroatoms. The predicted molar refractivity (Wildman–Crippen MR) is 213 cm³/mol. The fraction of sp³-hybridized carbons (Fsp3) is 0. The molecule has 8 aromatic rings. The summed E-state index contributed by atoms with van der Waals surface area (Å²) >= 11 is 1.66. The molecule has 0 saturated carbocycles. The molecular weight excluding hydrogens is 693 g/mol. The van der Waals surface area contributed by atoms with Crippen LogP contribution in [0.2, 0.25) is 0 Å². The zero-order chi connectivity index (χ0) is 36.7. The third-order valence-electron chi connectivity index (χ3n) is 8.75. The van der Waals surface area contributed by atoms with Crippen molar-refractivity contribution < 1.29 is 19.1 Å². The number of thiophene rings is 1. The quantitative estimate of drug-likeness (QED) is 0.115. The number of aromatic nitrogens is 3. The number of benzene rings is 4. The van der Waals surface area contributed by atoms with Crippen LogP contribution in [0.1, 0.15) is 0 Å². The van der Waals surface area contributed by atoms with Crippen LogP contribution in [0.3, 0.4) is 0 Å². The lowest BCUT2D eigenvalue weighted by Crippen LogP contribution is -2.08. The number of carbonyl (C=O) groups excluding carboxylic acids is 2. The average Bonchev–Trinajstić information content (AvgIpc) is 3.72. The third-order valence-corrected chi connectivity index (χ3v) is 9.86. The molecule has 260 valence electrons. The molecule has 0 aliphatic rings. The van der Waals surface area contributed by atoms with Crippen LogP contribution in [-0.4, -0.2) is 27.9 Å². The molecule has 0 fully saturated rings. The Kier molecular flexibility index (Phi) is 9.77. The summed E-state index contributed by atoms with van der Waals surface area (Å²) in [6, 6.07) is 52.5. The number of ether oxygens (including phenoxy) is 2. The van der Waals surface area contributed by atoms with E-state index in [-0.39, 0.29) is 5.75 Å². The average molecular weight is 723 g/mol. The summed E-state index contributed by atoms with van der Waals surface area (Å²) < 4.78 is 10.2. The van der Waals surface area contributed by atoms with Crippen molar-refractivity contribution in [2.75, 3.05) is 4.90 Å². The van der Waals surface area contributed by atoms with Gasteiger partial charge in [-0.2, -0.15) is 0 Å². The van der Waals surface area contributed by atoms with Crippen LogP contribution in [-0.2, 0) is 9.59 Å². The molecule has 8 rings (SSSR count). The van der Waals surface area contributed by atoms with E-state index in [1.807, 2.05) is 24.3 Å². The molecule has 4 aromatic carbocycles. The Bertz CT molecular complexity index is 2460. The van der Waals surface area contributed by atoms with E-state index in [2.05, 4.69) is 124 Å². The summed E-state index contributed by atoms with van der Waals surface area (Å²) in [6.07, 6.45) is 3.24. The molecule has 0 saturated heterocycles. The van der Waals surface area contributed by atoms with Gasteiger partial charge in [-0.05, 0) is 82.4 Å². The SMILES string of the molecule is O=COc1ccnc(-c2cc(OC=O)cc(-c3cc(-c4ccc(N(c5ccc(-c6ccccc6)cc5)c5ccc(-c6ccccc6)cc5)s4)ccn3)n2)c1. The summed E-state index contributed by atoms with van der Waals surface area (Å²) in [6.45, 7) is 0.702. The van der Waals surface area contributed by atoms with E-state index in [0.29, 0.717) is 41.5 Å². The maximum atomic E-state index is 11.3. The molecule has 0 unspecified atom stereocenters. The van der Waals surface area contributed by atoms with Crippen LogP contribution in [0.5, 0.6) is 11.5 Å². The second-order valence-electron chi connectivity index (χ2n) is 12.1. The molecule has 0 radical (unpaired) electrons. The minimum atomic E-state index is 0.270. The number of anilines is 3. The van der Waals surface area contributed by atoms with Gasteiger partial charge in [-0.3, -0.25) is 19.6 Å². The molecule has 8 nitrogen and oxygen atoms in total. The van der Waals surface area contributed by atoms with Gasteiger partial charge in [0, 0.05) is 46.8 Å². The Morgan fingerprint density at radius 3 is 1.54 bits per heavy atom. The lowest BCUT2D eigenvalue weighted by Gasteiger charge is -2.24. The standard InChI is InChI=1S/C45H30N4O4S/c50-29-52-38-22-24-47-41(26-38)43-28-39(53-30-51)27-42(48-43)40-25-35(21-23-46-40)44-19-20-45(54-44)49(36-15-11-33(12-16-36)31-7-3-1-4-8-31)37-17-13-34(14-18-37)32-9-5-2-6-10-32/h1-30H. The number of hydrogen-bond donors (Lipinski definition) is 0. The summed E-state index contributed by atoms with van der Waals surface area (Å²) in [5.74, 6) is 0.577. The second-order valence-corrected chi connectivity index (χ2v) is 13.2. The van der Waals surface area contributed by atoms with E-state index in [4.69, 9.17) is 14.5 Å². The number of hydrogen-bond acceptors (Lipinski definition) is 9. The molecule has 4 aromatic heterocycles. The molecule has 4 heterocycles. The van der Waals surface area contributed by atoms with Crippen LogP contribution in [0.15, 0.2) is 170 Å². The van der Waals surface area contributed by atoms with Crippen LogP contribution >= 0.6 is 11.3 Å². The normalized spacial score (nSPS) is 10.7. The van der Waals surface area contributed by atoms with Gasteiger partial charge >= 0.3 is 0 Å². The van der Waals surface area contributed by atoms with Gasteiger partial charge in [-0.15, -0.1) is 11.3 Å². The van der Waals surface area contributed by atoms with Crippen molar-refractivity contribution in [2.45, 2.75) is 0 Å². The lowest BCUT2D eigenvalue weighted by atomic mass is 10.0. The number of rotatable bonds is 12. The molecular formula is C45H30N4O4S. The maximum absolute atomic E-state index is 11.3. The van der Waals surface area contributed by atoms with E-state index in [1.54, 1.807) is 41.8 Å². The molecule has 0 spiro atoms. The van der Waals surface area contributed by atoms with Gasteiger partial charge in [0.05, 0.1) is 22.8 Å². The largest absolute Gasteiger partial charge is 0.429 e. The summed E-state index contributed by atoms with van der Waals surface area (Å²) in [5, 5.41) is 1.04. The highest BCUT2D eigenvalue weighted by atomic mass is 32.1. The summed E-state index contributed by atoms with van der Waals surface area (Å²) in [5.41, 5.74) is 9.52. The molecule has 0 N–H and O–H groups in total. The van der Waals surface area contributed by atoms with Gasteiger partial charge in [0.15, 0.2) is 0 Å². The first kappa shape index (κ1) is 33.9. The van der Waals surface area contributed by atoms with E-state index < -0.39 is 0 Å². The fourth-order valence-corrected chi connectivity index (χ4v) is 7.21. The smallest absolute Gasteiger partial charge is 0.298 e. The minimum absolute atomic E-state index is 0.270. The number of pyridine rings is 3. The molecule has 0 atom stereocenters. The first-order valence-electron chi connectivity index (χ1n) is 17.0. The molecule has 0 amide bonds. The van der Waals surface area contributed by atoms with Crippen molar-refractivity contribution in [3.63, 3.8) is 0 Å². The number of nitrogens with zero attached hydrogens (tertiary/aromatic N) is 4. The van der Waals surface area contributed by atoms with Gasteiger partial charge in [-0.1, -0.05) is 84.9 Å². The summed E-state index contributed by atoms with van der Waals surface area (Å²) in [4.78, 5) is 39.4. The van der Waals surface area contributed by atoms with Crippen LogP contribution in [0, 0.1) is 0 Å². The predicted octanol–water partition coefficient (Wildman–Crippen LogP) is 10.8. The highest BCUT2D eigenvalue weighted by Crippen LogP contribution is 2.43. The highest BCUT2D eigenvalue weighted by Gasteiger charge is 2.18. The monoisotopic (exact) mass is 722 g/mol. The van der Waals surface area contributed by atoms with Gasteiger partial charge in [0.1, 0.15) is 16.5 Å². The Balaban J connectivity index is 1.15. The fourth-order valence-electron chi connectivity index (χ4n) is 6.17. The first-order valence-corrected chi connectivity index (χ1v) is 17.8.